The Morgan fingerprint density at radius 1 is 1.24 bits per heavy atom. The van der Waals surface area contributed by atoms with Gasteiger partial charge in [-0.1, -0.05) is 0 Å². The standard InChI is InChI=1S/C15H21NO5/c1-21-10(17)5-4-9(15(19)20)16-14(18)13-11-7-2-3-8(6-7)12(11)13/h7-9,11-13H,2-6H2,1H3,(H,16,18)(H,19,20). The van der Waals surface area contributed by atoms with Crippen LogP contribution in [0.1, 0.15) is 32.1 Å². The van der Waals surface area contributed by atoms with Gasteiger partial charge in [0.2, 0.25) is 5.91 Å². The van der Waals surface area contributed by atoms with Crippen LogP contribution in [0.2, 0.25) is 0 Å². The number of esters is 1. The van der Waals surface area contributed by atoms with Crippen molar-refractivity contribution in [1.82, 2.24) is 5.32 Å². The molecule has 0 aromatic heterocycles. The third-order valence-corrected chi connectivity index (χ3v) is 5.52. The van der Waals surface area contributed by atoms with Gasteiger partial charge in [0.15, 0.2) is 0 Å². The van der Waals surface area contributed by atoms with E-state index in [2.05, 4.69) is 10.1 Å². The zero-order valence-corrected chi connectivity index (χ0v) is 12.1. The minimum atomic E-state index is -1.10. The Morgan fingerprint density at radius 2 is 1.86 bits per heavy atom. The predicted octanol–water partition coefficient (Wildman–Crippen LogP) is 0.801. The molecule has 3 rings (SSSR count). The van der Waals surface area contributed by atoms with Gasteiger partial charge in [-0.05, 0) is 49.4 Å². The summed E-state index contributed by atoms with van der Waals surface area (Å²) >= 11 is 0. The van der Waals surface area contributed by atoms with Crippen molar-refractivity contribution in [2.24, 2.45) is 29.6 Å². The molecule has 0 heterocycles. The molecule has 2 bridgehead atoms. The molecule has 0 aromatic carbocycles. The van der Waals surface area contributed by atoms with Crippen molar-refractivity contribution in [2.75, 3.05) is 7.11 Å². The van der Waals surface area contributed by atoms with Gasteiger partial charge in [-0.2, -0.15) is 0 Å². The quantitative estimate of drug-likeness (QED) is 0.707. The monoisotopic (exact) mass is 295 g/mol. The Bertz CT molecular complexity index is 461. The van der Waals surface area contributed by atoms with Gasteiger partial charge in [0.25, 0.3) is 0 Å². The highest BCUT2D eigenvalue weighted by Gasteiger charge is 2.67. The summed E-state index contributed by atoms with van der Waals surface area (Å²) in [7, 11) is 1.26. The number of amides is 1. The van der Waals surface area contributed by atoms with E-state index in [1.165, 1.54) is 26.4 Å². The SMILES string of the molecule is COC(=O)CCC(NC(=O)C1C2C3CCC(C3)C12)C(=O)O. The Labute approximate surface area is 123 Å². The molecule has 3 aliphatic carbocycles. The van der Waals surface area contributed by atoms with Crippen molar-refractivity contribution in [3.05, 3.63) is 0 Å². The minimum absolute atomic E-state index is 0.00345. The van der Waals surface area contributed by atoms with E-state index in [0.717, 1.165) is 0 Å². The van der Waals surface area contributed by atoms with Crippen LogP contribution >= 0.6 is 0 Å². The van der Waals surface area contributed by atoms with Crippen molar-refractivity contribution < 1.29 is 24.2 Å². The molecule has 3 fully saturated rings. The lowest BCUT2D eigenvalue weighted by Crippen LogP contribution is -2.42. The van der Waals surface area contributed by atoms with Gasteiger partial charge >= 0.3 is 11.9 Å². The van der Waals surface area contributed by atoms with Crippen molar-refractivity contribution in [3.63, 3.8) is 0 Å². The first-order chi connectivity index (χ1) is 10.0. The van der Waals surface area contributed by atoms with E-state index in [0.29, 0.717) is 23.7 Å². The van der Waals surface area contributed by atoms with Crippen LogP contribution in [0.3, 0.4) is 0 Å². The number of ether oxygens (including phenoxy) is 1. The average molecular weight is 295 g/mol. The van der Waals surface area contributed by atoms with Gasteiger partial charge in [0, 0.05) is 12.3 Å². The number of nitrogens with one attached hydrogen (secondary N) is 1. The summed E-state index contributed by atoms with van der Waals surface area (Å²) < 4.78 is 4.50. The van der Waals surface area contributed by atoms with Crippen molar-refractivity contribution in [1.29, 1.82) is 0 Å². The molecule has 21 heavy (non-hydrogen) atoms. The molecule has 2 N–H and O–H groups in total. The van der Waals surface area contributed by atoms with E-state index in [1.807, 2.05) is 0 Å². The van der Waals surface area contributed by atoms with Gasteiger partial charge in [-0.15, -0.1) is 0 Å². The lowest BCUT2D eigenvalue weighted by molar-refractivity contribution is -0.144. The van der Waals surface area contributed by atoms with E-state index in [9.17, 15) is 14.4 Å². The summed E-state index contributed by atoms with van der Waals surface area (Å²) in [6, 6.07) is -1.00. The van der Waals surface area contributed by atoms with E-state index < -0.39 is 18.0 Å². The number of carbonyl (C=O) groups is 3. The number of carboxylic acids is 1. The molecule has 0 radical (unpaired) electrons. The first-order valence-corrected chi connectivity index (χ1v) is 7.63. The minimum Gasteiger partial charge on any atom is -0.480 e. The topological polar surface area (TPSA) is 92.7 Å². The molecule has 1 amide bonds. The highest BCUT2D eigenvalue weighted by molar-refractivity contribution is 5.87. The van der Waals surface area contributed by atoms with E-state index in [-0.39, 0.29) is 24.7 Å². The van der Waals surface area contributed by atoms with Crippen LogP contribution in [0, 0.1) is 29.6 Å². The third kappa shape index (κ3) is 2.51. The Balaban J connectivity index is 1.53. The molecule has 6 nitrogen and oxygen atoms in total. The summed E-state index contributed by atoms with van der Waals surface area (Å²) in [6.07, 6.45) is 3.77. The molecular weight excluding hydrogens is 274 g/mol. The van der Waals surface area contributed by atoms with Crippen molar-refractivity contribution in [2.45, 2.75) is 38.1 Å². The maximum Gasteiger partial charge on any atom is 0.326 e. The molecule has 0 spiro atoms. The van der Waals surface area contributed by atoms with E-state index in [1.54, 1.807) is 0 Å². The smallest absolute Gasteiger partial charge is 0.326 e. The molecule has 5 atom stereocenters. The molecule has 116 valence electrons. The average Bonchev–Trinajstić information content (AvgIpc) is 2.91. The van der Waals surface area contributed by atoms with E-state index in [4.69, 9.17) is 5.11 Å². The second-order valence-corrected chi connectivity index (χ2v) is 6.53. The zero-order valence-electron chi connectivity index (χ0n) is 12.1. The maximum absolute atomic E-state index is 12.3. The van der Waals surface area contributed by atoms with Gasteiger partial charge in [0.05, 0.1) is 7.11 Å². The fraction of sp³-hybridized carbons (Fsp3) is 0.800. The molecule has 0 saturated heterocycles. The van der Waals surface area contributed by atoms with Crippen LogP contribution in [0.5, 0.6) is 0 Å². The molecule has 3 aliphatic rings. The first kappa shape index (κ1) is 14.4. The normalized spacial score (nSPS) is 36.7. The van der Waals surface area contributed by atoms with Crippen LogP contribution < -0.4 is 5.32 Å². The highest BCUT2D eigenvalue weighted by Crippen LogP contribution is 2.69. The zero-order chi connectivity index (χ0) is 15.1. The largest absolute Gasteiger partial charge is 0.480 e. The van der Waals surface area contributed by atoms with Gasteiger partial charge in [-0.3, -0.25) is 9.59 Å². The van der Waals surface area contributed by atoms with Crippen molar-refractivity contribution in [3.8, 4) is 0 Å². The van der Waals surface area contributed by atoms with Gasteiger partial charge < -0.3 is 15.2 Å². The van der Waals surface area contributed by atoms with Crippen LogP contribution in [-0.4, -0.2) is 36.1 Å². The lowest BCUT2D eigenvalue weighted by atomic mass is 10.0. The molecule has 3 saturated carbocycles. The Hall–Kier alpha value is -1.59. The Morgan fingerprint density at radius 3 is 2.38 bits per heavy atom. The maximum atomic E-state index is 12.3. The number of hydrogen-bond acceptors (Lipinski definition) is 4. The van der Waals surface area contributed by atoms with Crippen LogP contribution in [0.15, 0.2) is 0 Å². The van der Waals surface area contributed by atoms with Crippen LogP contribution in [-0.2, 0) is 19.1 Å². The summed E-state index contributed by atoms with van der Waals surface area (Å²) in [5.74, 6) is 0.633. The van der Waals surface area contributed by atoms with Crippen LogP contribution in [0.4, 0.5) is 0 Å². The van der Waals surface area contributed by atoms with E-state index >= 15 is 0 Å². The number of hydrogen-bond donors (Lipinski definition) is 2. The fourth-order valence-corrected chi connectivity index (χ4v) is 4.57. The Kier molecular flexibility index (Phi) is 3.63. The van der Waals surface area contributed by atoms with Crippen LogP contribution in [0.25, 0.3) is 0 Å². The number of methoxy groups -OCH3 is 1. The summed E-state index contributed by atoms with van der Waals surface area (Å²) in [4.78, 5) is 34.6. The summed E-state index contributed by atoms with van der Waals surface area (Å²) in [5, 5.41) is 11.8. The summed E-state index contributed by atoms with van der Waals surface area (Å²) in [5.41, 5.74) is 0. The van der Waals surface area contributed by atoms with Crippen molar-refractivity contribution >= 4 is 17.8 Å². The first-order valence-electron chi connectivity index (χ1n) is 7.63. The molecule has 5 unspecified atom stereocenters. The number of rotatable bonds is 6. The fourth-order valence-electron chi connectivity index (χ4n) is 4.57. The number of carbonyl (C=O) groups excluding carboxylic acids is 2. The molecule has 0 aromatic rings. The number of carboxylic acid groups (broad SMARTS) is 1. The molecule has 0 aliphatic heterocycles. The highest BCUT2D eigenvalue weighted by atomic mass is 16.5. The third-order valence-electron chi connectivity index (χ3n) is 5.52. The molecule has 6 heteroatoms. The summed E-state index contributed by atoms with van der Waals surface area (Å²) in [6.45, 7) is 0. The predicted molar refractivity (Wildman–Crippen MR) is 72.1 cm³/mol. The lowest BCUT2D eigenvalue weighted by Gasteiger charge is -2.15. The second kappa shape index (κ2) is 5.31. The molecular formula is C15H21NO5. The number of aliphatic carboxylic acids is 1. The number of fused-ring (bicyclic) bond motifs is 5. The van der Waals surface area contributed by atoms with Gasteiger partial charge in [0.1, 0.15) is 6.04 Å². The van der Waals surface area contributed by atoms with Gasteiger partial charge in [-0.25, -0.2) is 4.79 Å². The second-order valence-electron chi connectivity index (χ2n) is 6.53.